The minimum atomic E-state index is -1.07. The highest BCUT2D eigenvalue weighted by Gasteiger charge is 2.31. The van der Waals surface area contributed by atoms with Gasteiger partial charge in [-0.2, -0.15) is 10.2 Å². The minimum absolute atomic E-state index is 0.172. The fraction of sp³-hybridized carbons (Fsp3) is 0.500. The highest BCUT2D eigenvalue weighted by atomic mass is 16.2. The van der Waals surface area contributed by atoms with Crippen molar-refractivity contribution in [2.24, 2.45) is 23.4 Å². The van der Waals surface area contributed by atoms with Crippen LogP contribution in [0.3, 0.4) is 0 Å². The van der Waals surface area contributed by atoms with Crippen LogP contribution in [0.5, 0.6) is 0 Å². The van der Waals surface area contributed by atoms with Gasteiger partial charge in [0.15, 0.2) is 0 Å². The summed E-state index contributed by atoms with van der Waals surface area (Å²) in [5.41, 5.74) is 3.34. The van der Waals surface area contributed by atoms with Crippen LogP contribution in [0.4, 0.5) is 0 Å². The third-order valence-electron chi connectivity index (χ3n) is 2.91. The van der Waals surface area contributed by atoms with E-state index in [4.69, 9.17) is 23.4 Å². The number of nitrogens with two attached hydrogens (primary N) is 4. The van der Waals surface area contributed by atoms with Gasteiger partial charge in [-0.1, -0.05) is 0 Å². The summed E-state index contributed by atoms with van der Waals surface area (Å²) >= 11 is 0. The van der Waals surface area contributed by atoms with Crippen LogP contribution in [0.25, 0.3) is 0 Å². The van der Waals surface area contributed by atoms with E-state index in [9.17, 15) is 19.2 Å². The molecular weight excluding hydrogens is 300 g/mol. The lowest BCUT2D eigenvalue weighted by Crippen LogP contribution is -2.65. The van der Waals surface area contributed by atoms with Gasteiger partial charge in [0, 0.05) is 26.2 Å². The molecule has 14 nitrogen and oxygen atoms in total. The number of carbonyl (C=O) groups excluding carboxylic acids is 4. The van der Waals surface area contributed by atoms with Crippen LogP contribution in [0, 0.1) is 0 Å². The van der Waals surface area contributed by atoms with Crippen molar-refractivity contribution in [1.29, 1.82) is 0 Å². The van der Waals surface area contributed by atoms with Gasteiger partial charge in [0.05, 0.1) is 0 Å². The van der Waals surface area contributed by atoms with Crippen LogP contribution in [-0.2, 0) is 19.2 Å². The van der Waals surface area contributed by atoms with Gasteiger partial charge < -0.3 is 0 Å². The van der Waals surface area contributed by atoms with Crippen LogP contribution < -0.4 is 34.2 Å². The normalized spacial score (nSPS) is 15.8. The number of hydrogen-bond donors (Lipinski definition) is 6. The predicted octanol–water partition coefficient (Wildman–Crippen LogP) is -6.18. The molecule has 0 aromatic heterocycles. The Labute approximate surface area is 124 Å². The van der Waals surface area contributed by atoms with E-state index < -0.39 is 23.6 Å². The fourth-order valence-electron chi connectivity index (χ4n) is 1.70. The first-order valence-corrected chi connectivity index (χ1v) is 6.02. The summed E-state index contributed by atoms with van der Waals surface area (Å²) in [5, 5.41) is 3.95. The summed E-state index contributed by atoms with van der Waals surface area (Å²) in [4.78, 5) is 45.2. The number of nitrogens with one attached hydrogen (secondary N) is 2. The molecule has 1 fully saturated rings. The molecule has 10 N–H and O–H groups in total. The second-order valence-electron chi connectivity index (χ2n) is 4.15. The van der Waals surface area contributed by atoms with E-state index in [2.05, 4.69) is 0 Å². The Balaban J connectivity index is 2.56. The molecule has 0 atom stereocenters. The molecule has 0 aromatic carbocycles. The second-order valence-corrected chi connectivity index (χ2v) is 4.15. The molecule has 0 bridgehead atoms. The maximum Gasteiger partial charge on any atom is 0.342 e. The van der Waals surface area contributed by atoms with E-state index in [1.54, 1.807) is 10.9 Å². The summed E-state index contributed by atoms with van der Waals surface area (Å²) in [6, 6.07) is 0. The Hall–Kier alpha value is -2.36. The topological polar surface area (TPSA) is 209 Å². The average molecular weight is 318 g/mol. The van der Waals surface area contributed by atoms with Crippen molar-refractivity contribution in [3.63, 3.8) is 0 Å². The standard InChI is InChI=1S/C8H18N10O4/c9-13-5(19)7(21)17(11)15-1-2-16(4-3-15)18(12)8(22)6(20)14-10/h1-4,9-12H2,(H,13,19)(H,14,20). The quantitative estimate of drug-likeness (QED) is 0.123. The minimum Gasteiger partial charge on any atom is -0.286 e. The van der Waals surface area contributed by atoms with Gasteiger partial charge in [0.1, 0.15) is 0 Å². The first kappa shape index (κ1) is 17.7. The number of piperazine rings is 1. The molecule has 0 radical (unpaired) electrons. The maximum absolute atomic E-state index is 11.5. The van der Waals surface area contributed by atoms with E-state index in [-0.39, 0.29) is 26.2 Å². The smallest absolute Gasteiger partial charge is 0.286 e. The van der Waals surface area contributed by atoms with E-state index in [1.807, 2.05) is 0 Å². The van der Waals surface area contributed by atoms with Gasteiger partial charge >= 0.3 is 23.6 Å². The molecule has 1 rings (SSSR count). The third kappa shape index (κ3) is 3.85. The van der Waals surface area contributed by atoms with Gasteiger partial charge in [-0.3, -0.25) is 30.0 Å². The number of hydrogen-bond acceptors (Lipinski definition) is 10. The van der Waals surface area contributed by atoms with Gasteiger partial charge in [-0.15, -0.1) is 0 Å². The lowest BCUT2D eigenvalue weighted by atomic mass is 10.4. The Morgan fingerprint density at radius 3 is 1.23 bits per heavy atom. The molecular formula is C8H18N10O4. The Morgan fingerprint density at radius 1 is 0.727 bits per heavy atom. The highest BCUT2D eigenvalue weighted by molar-refractivity contribution is 6.34. The second kappa shape index (κ2) is 7.59. The monoisotopic (exact) mass is 318 g/mol. The van der Waals surface area contributed by atoms with Gasteiger partial charge in [-0.25, -0.2) is 33.4 Å². The third-order valence-corrected chi connectivity index (χ3v) is 2.91. The van der Waals surface area contributed by atoms with Crippen LogP contribution in [0.15, 0.2) is 0 Å². The molecule has 1 aliphatic rings. The first-order chi connectivity index (χ1) is 10.3. The molecule has 0 saturated carbocycles. The first-order valence-electron chi connectivity index (χ1n) is 6.02. The molecule has 22 heavy (non-hydrogen) atoms. The number of rotatable bonds is 2. The zero-order chi connectivity index (χ0) is 16.9. The molecule has 0 aromatic rings. The van der Waals surface area contributed by atoms with Crippen LogP contribution in [0.1, 0.15) is 0 Å². The zero-order valence-electron chi connectivity index (χ0n) is 11.6. The van der Waals surface area contributed by atoms with Crippen LogP contribution in [0.2, 0.25) is 0 Å². The SMILES string of the molecule is NNC(=O)C(=O)N(N)N1CCN(N(N)C(=O)C(=O)NN)CC1. The molecule has 4 amide bonds. The molecule has 0 aliphatic carbocycles. The van der Waals surface area contributed by atoms with Crippen molar-refractivity contribution in [2.45, 2.75) is 0 Å². The summed E-state index contributed by atoms with van der Waals surface area (Å²) in [6.07, 6.45) is 0. The van der Waals surface area contributed by atoms with Crippen molar-refractivity contribution in [3.05, 3.63) is 0 Å². The lowest BCUT2D eigenvalue weighted by Gasteiger charge is -2.40. The lowest BCUT2D eigenvalue weighted by molar-refractivity contribution is -0.173. The molecule has 1 saturated heterocycles. The van der Waals surface area contributed by atoms with E-state index in [0.717, 1.165) is 0 Å². The maximum atomic E-state index is 11.5. The average Bonchev–Trinajstić information content (AvgIpc) is 2.57. The van der Waals surface area contributed by atoms with Gasteiger partial charge in [-0.05, 0) is 0 Å². The Bertz CT molecular complexity index is 420. The van der Waals surface area contributed by atoms with E-state index in [1.165, 1.54) is 10.0 Å². The molecule has 124 valence electrons. The van der Waals surface area contributed by atoms with Gasteiger partial charge in [0.25, 0.3) is 0 Å². The molecule has 1 heterocycles. The number of hydrazine groups is 6. The summed E-state index contributed by atoms with van der Waals surface area (Å²) in [5.74, 6) is 16.5. The number of carbonyl (C=O) groups is 4. The van der Waals surface area contributed by atoms with Crippen molar-refractivity contribution in [1.82, 2.24) is 31.1 Å². The Morgan fingerprint density at radius 2 is 1.00 bits per heavy atom. The fourth-order valence-corrected chi connectivity index (χ4v) is 1.70. The molecule has 1 aliphatic heterocycles. The predicted molar refractivity (Wildman–Crippen MR) is 69.9 cm³/mol. The summed E-state index contributed by atoms with van der Waals surface area (Å²) in [7, 11) is 0. The number of nitrogens with zero attached hydrogens (tertiary/aromatic N) is 4. The van der Waals surface area contributed by atoms with Crippen LogP contribution in [-0.4, -0.2) is 70.1 Å². The Kier molecular flexibility index (Phi) is 6.11. The zero-order valence-corrected chi connectivity index (χ0v) is 11.6. The van der Waals surface area contributed by atoms with Crippen LogP contribution >= 0.6 is 0 Å². The van der Waals surface area contributed by atoms with Gasteiger partial charge in [0.2, 0.25) is 0 Å². The van der Waals surface area contributed by atoms with Crippen molar-refractivity contribution in [3.8, 4) is 0 Å². The summed E-state index contributed by atoms with van der Waals surface area (Å²) < 4.78 is 0. The van der Waals surface area contributed by atoms with Crippen molar-refractivity contribution >= 4 is 23.6 Å². The van der Waals surface area contributed by atoms with E-state index >= 15 is 0 Å². The molecule has 0 spiro atoms. The number of amides is 4. The summed E-state index contributed by atoms with van der Waals surface area (Å²) in [6.45, 7) is 0.688. The molecule has 14 heteroatoms. The van der Waals surface area contributed by atoms with Crippen molar-refractivity contribution in [2.75, 3.05) is 26.2 Å². The van der Waals surface area contributed by atoms with Crippen molar-refractivity contribution < 1.29 is 19.2 Å². The molecule has 0 unspecified atom stereocenters. The highest BCUT2D eigenvalue weighted by Crippen LogP contribution is 2.05. The van der Waals surface area contributed by atoms with E-state index in [0.29, 0.717) is 10.2 Å². The largest absolute Gasteiger partial charge is 0.342 e.